The van der Waals surface area contributed by atoms with Gasteiger partial charge in [-0.15, -0.1) is 0 Å². The van der Waals surface area contributed by atoms with E-state index < -0.39 is 23.3 Å². The molecule has 0 N–H and O–H groups in total. The van der Waals surface area contributed by atoms with Crippen molar-refractivity contribution in [1.29, 1.82) is 0 Å². The summed E-state index contributed by atoms with van der Waals surface area (Å²) in [6.45, 7) is 7.90. The summed E-state index contributed by atoms with van der Waals surface area (Å²) in [7, 11) is 0. The minimum absolute atomic E-state index is 0.223. The van der Waals surface area contributed by atoms with Gasteiger partial charge in [0, 0.05) is 45.4 Å². The van der Waals surface area contributed by atoms with E-state index in [0.29, 0.717) is 33.9 Å². The monoisotopic (exact) mass is 816 g/mol. The van der Waals surface area contributed by atoms with Gasteiger partial charge in [0.25, 0.3) is 0 Å². The Morgan fingerprint density at radius 1 is 0.355 bits per heavy atom. The van der Waals surface area contributed by atoms with Crippen LogP contribution in [0, 0.1) is 51.0 Å². The maximum absolute atomic E-state index is 16.8. The third-order valence-electron chi connectivity index (χ3n) is 12.0. The smallest absolute Gasteiger partial charge is 0.150 e. The zero-order valence-corrected chi connectivity index (χ0v) is 34.6. The summed E-state index contributed by atoms with van der Waals surface area (Å²) in [5, 5.41) is 5.45. The van der Waals surface area contributed by atoms with E-state index in [-0.39, 0.29) is 11.4 Å². The van der Waals surface area contributed by atoms with E-state index in [4.69, 9.17) is 0 Å². The Morgan fingerprint density at radius 2 is 0.742 bits per heavy atom. The van der Waals surface area contributed by atoms with Crippen LogP contribution in [-0.4, -0.2) is 0 Å². The molecule has 0 aromatic heterocycles. The molecule has 0 heterocycles. The van der Waals surface area contributed by atoms with Gasteiger partial charge in [-0.1, -0.05) is 120 Å². The minimum atomic E-state index is -0.698. The van der Waals surface area contributed by atoms with Gasteiger partial charge in [-0.2, -0.15) is 0 Å². The summed E-state index contributed by atoms with van der Waals surface area (Å²) in [5.74, 6) is -2.73. The maximum Gasteiger partial charge on any atom is 0.150 e. The number of halogens is 4. The van der Waals surface area contributed by atoms with Crippen molar-refractivity contribution < 1.29 is 17.6 Å². The van der Waals surface area contributed by atoms with Gasteiger partial charge in [0.2, 0.25) is 0 Å². The standard InChI is InChI=1S/C56H40F4N2/c1-33-15-21-43(35(3)27-33)47-29-39(57)31-49(59)55(47)61(41-11-7-5-8-12-41)51-25-19-37-18-24-46-52(26-20-38-17-23-45(51)53(37)54(38)46)62(42-13-9-6-10-14-42)56-48(30-40(58)32-50(56)60)44-22-16-34(2)28-36(44)4/h5-32H,1-4H3. The average Bonchev–Trinajstić information content (AvgIpc) is 3.25. The van der Waals surface area contributed by atoms with Crippen molar-refractivity contribution >= 4 is 66.4 Å². The number of hydrogen-bond acceptors (Lipinski definition) is 2. The van der Waals surface area contributed by atoms with Gasteiger partial charge in [-0.25, -0.2) is 17.6 Å². The molecule has 6 heteroatoms. The molecule has 0 aliphatic rings. The lowest BCUT2D eigenvalue weighted by Crippen LogP contribution is -2.15. The predicted molar refractivity (Wildman–Crippen MR) is 249 cm³/mol. The molecule has 0 spiro atoms. The lowest BCUT2D eigenvalue weighted by Gasteiger charge is -2.31. The molecule has 10 rings (SSSR count). The summed E-state index contributed by atoms with van der Waals surface area (Å²) in [5.41, 5.74) is 9.42. The minimum Gasteiger partial charge on any atom is -0.307 e. The van der Waals surface area contributed by atoms with Crippen molar-refractivity contribution in [3.05, 3.63) is 215 Å². The van der Waals surface area contributed by atoms with Crippen LogP contribution >= 0.6 is 0 Å². The molecule has 0 radical (unpaired) electrons. The molecular formula is C56H40F4N2. The molecule has 302 valence electrons. The maximum atomic E-state index is 16.8. The van der Waals surface area contributed by atoms with Crippen LogP contribution in [0.1, 0.15) is 22.3 Å². The molecule has 0 atom stereocenters. The van der Waals surface area contributed by atoms with Crippen molar-refractivity contribution in [1.82, 2.24) is 0 Å². The van der Waals surface area contributed by atoms with Gasteiger partial charge in [0.05, 0.1) is 22.7 Å². The van der Waals surface area contributed by atoms with E-state index in [1.54, 1.807) is 0 Å². The van der Waals surface area contributed by atoms with Gasteiger partial charge in [-0.05, 0) is 120 Å². The Kier molecular flexibility index (Phi) is 9.52. The van der Waals surface area contributed by atoms with Crippen molar-refractivity contribution in [2.45, 2.75) is 27.7 Å². The van der Waals surface area contributed by atoms with Crippen LogP contribution in [-0.2, 0) is 0 Å². The van der Waals surface area contributed by atoms with Crippen LogP contribution < -0.4 is 9.80 Å². The molecule has 0 fully saturated rings. The summed E-state index contributed by atoms with van der Waals surface area (Å²) in [4.78, 5) is 3.77. The number of nitrogens with zero attached hydrogens (tertiary/aromatic N) is 2. The molecule has 0 aliphatic carbocycles. The molecule has 0 unspecified atom stereocenters. The lowest BCUT2D eigenvalue weighted by atomic mass is 9.90. The molecule has 0 aliphatic heterocycles. The number of anilines is 6. The lowest BCUT2D eigenvalue weighted by molar-refractivity contribution is 0.584. The van der Waals surface area contributed by atoms with Crippen LogP contribution in [0.2, 0.25) is 0 Å². The third-order valence-corrected chi connectivity index (χ3v) is 12.0. The van der Waals surface area contributed by atoms with Gasteiger partial charge in [-0.3, -0.25) is 0 Å². The number of para-hydroxylation sites is 2. The topological polar surface area (TPSA) is 6.48 Å². The first-order chi connectivity index (χ1) is 30.0. The highest BCUT2D eigenvalue weighted by molar-refractivity contribution is 6.28. The molecule has 0 amide bonds. The average molecular weight is 817 g/mol. The molecule has 62 heavy (non-hydrogen) atoms. The number of benzene rings is 10. The number of hydrogen-bond donors (Lipinski definition) is 0. The molecule has 0 bridgehead atoms. The van der Waals surface area contributed by atoms with E-state index in [9.17, 15) is 0 Å². The normalized spacial score (nSPS) is 11.5. The second-order valence-corrected chi connectivity index (χ2v) is 16.1. The highest BCUT2D eigenvalue weighted by atomic mass is 19.1. The Labute approximate surface area is 357 Å². The van der Waals surface area contributed by atoms with E-state index in [0.717, 1.165) is 77.8 Å². The van der Waals surface area contributed by atoms with E-state index >= 15 is 17.6 Å². The van der Waals surface area contributed by atoms with Crippen LogP contribution in [0.15, 0.2) is 170 Å². The summed E-state index contributed by atoms with van der Waals surface area (Å²) < 4.78 is 64.3. The second-order valence-electron chi connectivity index (χ2n) is 16.1. The van der Waals surface area contributed by atoms with Crippen molar-refractivity contribution in [3.63, 3.8) is 0 Å². The molecule has 0 saturated heterocycles. The molecule has 10 aromatic carbocycles. The van der Waals surface area contributed by atoms with Crippen LogP contribution in [0.4, 0.5) is 51.7 Å². The van der Waals surface area contributed by atoms with Gasteiger partial charge >= 0.3 is 0 Å². The summed E-state index contributed by atoms with van der Waals surface area (Å²) in [6.07, 6.45) is 0. The van der Waals surface area contributed by atoms with Gasteiger partial charge in [0.1, 0.15) is 11.6 Å². The number of rotatable bonds is 8. The molecular weight excluding hydrogens is 777 g/mol. The summed E-state index contributed by atoms with van der Waals surface area (Å²) in [6, 6.07) is 51.9. The Morgan fingerprint density at radius 3 is 1.13 bits per heavy atom. The fraction of sp³-hybridized carbons (Fsp3) is 0.0714. The second kappa shape index (κ2) is 15.2. The van der Waals surface area contributed by atoms with E-state index in [2.05, 4.69) is 24.3 Å². The molecule has 2 nitrogen and oxygen atoms in total. The third kappa shape index (κ3) is 6.51. The van der Waals surface area contributed by atoms with Crippen molar-refractivity contribution in [2.24, 2.45) is 0 Å². The Hall–Kier alpha value is -7.44. The largest absolute Gasteiger partial charge is 0.307 e. The van der Waals surface area contributed by atoms with Gasteiger partial charge < -0.3 is 9.80 Å². The predicted octanol–water partition coefficient (Wildman–Crippen LogP) is 16.6. The highest BCUT2D eigenvalue weighted by Gasteiger charge is 2.28. The van der Waals surface area contributed by atoms with Crippen molar-refractivity contribution in [3.8, 4) is 22.3 Å². The van der Waals surface area contributed by atoms with Gasteiger partial charge in [0.15, 0.2) is 11.6 Å². The van der Waals surface area contributed by atoms with Crippen LogP contribution in [0.5, 0.6) is 0 Å². The molecule has 0 saturated carbocycles. The first kappa shape index (κ1) is 38.7. The van der Waals surface area contributed by atoms with E-state index in [1.165, 1.54) is 12.1 Å². The Balaban J connectivity index is 1.26. The zero-order valence-electron chi connectivity index (χ0n) is 34.6. The Bertz CT molecular complexity index is 3120. The van der Waals surface area contributed by atoms with Crippen LogP contribution in [0.3, 0.4) is 0 Å². The summed E-state index contributed by atoms with van der Waals surface area (Å²) >= 11 is 0. The fourth-order valence-corrected chi connectivity index (χ4v) is 9.32. The zero-order chi connectivity index (χ0) is 42.8. The highest BCUT2D eigenvalue weighted by Crippen LogP contribution is 2.51. The quantitative estimate of drug-likeness (QED) is 0.111. The first-order valence-electron chi connectivity index (χ1n) is 20.6. The van der Waals surface area contributed by atoms with Crippen molar-refractivity contribution in [2.75, 3.05) is 9.80 Å². The SMILES string of the molecule is Cc1ccc(-c2cc(F)cc(F)c2N(c2ccccc2)c2ccc3ccc4c(N(c5ccccc5)c5c(F)cc(F)cc5-c5ccc(C)cc5C)ccc5ccc2c3c54)c(C)c1. The molecule has 10 aromatic rings. The van der Waals surface area contributed by atoms with E-state index in [1.807, 2.05) is 159 Å². The van der Waals surface area contributed by atoms with Crippen LogP contribution in [0.25, 0.3) is 54.6 Å². The first-order valence-corrected chi connectivity index (χ1v) is 20.6. The fourth-order valence-electron chi connectivity index (χ4n) is 9.32. The number of aryl methyl sites for hydroxylation is 4.